The molecule has 1 unspecified atom stereocenters. The third-order valence-corrected chi connectivity index (χ3v) is 3.80. The number of nitrogens with zero attached hydrogens (tertiary/aromatic N) is 3. The lowest BCUT2D eigenvalue weighted by molar-refractivity contribution is -0.131. The van der Waals surface area contributed by atoms with Gasteiger partial charge >= 0.3 is 6.55 Å². The maximum Gasteiger partial charge on any atom is 0.333 e. The molecular formula is C13H21ClF2N4O. The van der Waals surface area contributed by atoms with Crippen LogP contribution in [0, 0.1) is 13.8 Å². The van der Waals surface area contributed by atoms with E-state index in [9.17, 15) is 13.6 Å². The molecule has 2 N–H and O–H groups in total. The first kappa shape index (κ1) is 17.8. The highest BCUT2D eigenvalue weighted by Gasteiger charge is 2.24. The van der Waals surface area contributed by atoms with E-state index in [0.717, 1.165) is 12.8 Å². The minimum atomic E-state index is -2.68. The first-order valence-corrected chi connectivity index (χ1v) is 6.76. The molecule has 1 amide bonds. The summed E-state index contributed by atoms with van der Waals surface area (Å²) in [6.45, 7) is 1.77. The number of likely N-dealkylation sites (tertiary alicyclic amines) is 1. The maximum absolute atomic E-state index is 12.8. The van der Waals surface area contributed by atoms with Gasteiger partial charge in [0.2, 0.25) is 5.91 Å². The van der Waals surface area contributed by atoms with Crippen LogP contribution in [0.3, 0.4) is 0 Å². The third-order valence-electron chi connectivity index (χ3n) is 3.80. The molecule has 0 saturated carbocycles. The molecular weight excluding hydrogens is 302 g/mol. The molecule has 1 fully saturated rings. The van der Waals surface area contributed by atoms with Crippen molar-refractivity contribution in [3.05, 3.63) is 17.0 Å². The number of alkyl halides is 2. The van der Waals surface area contributed by atoms with Gasteiger partial charge in [0.25, 0.3) is 0 Å². The van der Waals surface area contributed by atoms with Crippen molar-refractivity contribution in [2.24, 2.45) is 5.73 Å². The van der Waals surface area contributed by atoms with Crippen LogP contribution >= 0.6 is 12.4 Å². The summed E-state index contributed by atoms with van der Waals surface area (Å²) >= 11 is 0. The summed E-state index contributed by atoms with van der Waals surface area (Å²) in [5.41, 5.74) is 7.28. The predicted molar refractivity (Wildman–Crippen MR) is 77.7 cm³/mol. The molecule has 0 spiro atoms. The average molecular weight is 323 g/mol. The van der Waals surface area contributed by atoms with E-state index in [1.165, 1.54) is 0 Å². The van der Waals surface area contributed by atoms with Crippen LogP contribution in [0.2, 0.25) is 0 Å². The van der Waals surface area contributed by atoms with Crippen LogP contribution in [-0.4, -0.2) is 39.7 Å². The Morgan fingerprint density at radius 3 is 2.67 bits per heavy atom. The van der Waals surface area contributed by atoms with Gasteiger partial charge in [0, 0.05) is 30.4 Å². The molecule has 1 saturated heterocycles. The van der Waals surface area contributed by atoms with Gasteiger partial charge in [-0.3, -0.25) is 4.79 Å². The highest BCUT2D eigenvalue weighted by molar-refractivity contribution is 5.85. The number of rotatable bonds is 3. The van der Waals surface area contributed by atoms with Crippen LogP contribution < -0.4 is 5.73 Å². The lowest BCUT2D eigenvalue weighted by Crippen LogP contribution is -2.46. The summed E-state index contributed by atoms with van der Waals surface area (Å²) in [6.07, 6.45) is 1.92. The number of aromatic nitrogens is 2. The molecule has 120 valence electrons. The third kappa shape index (κ3) is 3.91. The smallest absolute Gasteiger partial charge is 0.333 e. The van der Waals surface area contributed by atoms with E-state index < -0.39 is 6.55 Å². The molecule has 1 aromatic rings. The minimum Gasteiger partial charge on any atom is -0.341 e. The van der Waals surface area contributed by atoms with Crippen molar-refractivity contribution >= 4 is 18.3 Å². The molecule has 5 nitrogen and oxygen atoms in total. The zero-order chi connectivity index (χ0) is 14.9. The number of piperidine rings is 1. The van der Waals surface area contributed by atoms with E-state index in [2.05, 4.69) is 5.10 Å². The largest absolute Gasteiger partial charge is 0.341 e. The lowest BCUT2D eigenvalue weighted by atomic mass is 10.0. The number of aryl methyl sites for hydroxylation is 1. The van der Waals surface area contributed by atoms with E-state index in [1.54, 1.807) is 18.7 Å². The summed E-state index contributed by atoms with van der Waals surface area (Å²) in [5.74, 6) is -0.0693. The molecule has 1 aliphatic rings. The Morgan fingerprint density at radius 2 is 2.14 bits per heavy atom. The summed E-state index contributed by atoms with van der Waals surface area (Å²) < 4.78 is 26.2. The van der Waals surface area contributed by atoms with E-state index >= 15 is 0 Å². The van der Waals surface area contributed by atoms with Gasteiger partial charge in [0.05, 0.1) is 12.1 Å². The normalized spacial score (nSPS) is 18.8. The lowest BCUT2D eigenvalue weighted by Gasteiger charge is -2.30. The monoisotopic (exact) mass is 322 g/mol. The quantitative estimate of drug-likeness (QED) is 0.923. The number of hydrogen-bond donors (Lipinski definition) is 1. The molecule has 8 heteroatoms. The van der Waals surface area contributed by atoms with Gasteiger partial charge < -0.3 is 10.6 Å². The molecule has 1 aliphatic heterocycles. The Balaban J connectivity index is 0.00000220. The fourth-order valence-corrected chi connectivity index (χ4v) is 2.64. The zero-order valence-corrected chi connectivity index (χ0v) is 13.0. The Kier molecular flexibility index (Phi) is 6.10. The van der Waals surface area contributed by atoms with Crippen molar-refractivity contribution in [3.63, 3.8) is 0 Å². The first-order chi connectivity index (χ1) is 9.40. The Bertz CT molecular complexity index is 507. The summed E-state index contributed by atoms with van der Waals surface area (Å²) in [7, 11) is 0. The second-order valence-electron chi connectivity index (χ2n) is 5.29. The van der Waals surface area contributed by atoms with Crippen LogP contribution in [-0.2, 0) is 11.2 Å². The topological polar surface area (TPSA) is 64.2 Å². The van der Waals surface area contributed by atoms with Crippen LogP contribution in [0.5, 0.6) is 0 Å². The standard InChI is InChI=1S/C13H20F2N4O.ClH/c1-8-11(9(2)19(17-8)13(14)15)6-12(20)18-5-3-4-10(16)7-18;/h10,13H,3-7,16H2,1-2H3;1H. The van der Waals surface area contributed by atoms with E-state index in [4.69, 9.17) is 5.73 Å². The van der Waals surface area contributed by atoms with E-state index in [0.29, 0.717) is 34.7 Å². The number of amides is 1. The van der Waals surface area contributed by atoms with Gasteiger partial charge in [0.15, 0.2) is 0 Å². The molecule has 0 radical (unpaired) electrons. The summed E-state index contributed by atoms with van der Waals surface area (Å²) in [5, 5.41) is 3.79. The van der Waals surface area contributed by atoms with Crippen molar-refractivity contribution in [3.8, 4) is 0 Å². The highest BCUT2D eigenvalue weighted by Crippen LogP contribution is 2.21. The van der Waals surface area contributed by atoms with Gasteiger partial charge in [0.1, 0.15) is 0 Å². The van der Waals surface area contributed by atoms with Crippen molar-refractivity contribution in [1.29, 1.82) is 0 Å². The number of hydrogen-bond acceptors (Lipinski definition) is 3. The first-order valence-electron chi connectivity index (χ1n) is 6.76. The van der Waals surface area contributed by atoms with Crippen LogP contribution in [0.1, 0.15) is 36.3 Å². The van der Waals surface area contributed by atoms with Crippen LogP contribution in [0.25, 0.3) is 0 Å². The van der Waals surface area contributed by atoms with Crippen molar-refractivity contribution in [2.45, 2.75) is 45.7 Å². The predicted octanol–water partition coefficient (Wildman–Crippen LogP) is 1.81. The maximum atomic E-state index is 12.8. The molecule has 0 bridgehead atoms. The molecule has 2 heterocycles. The van der Waals surface area contributed by atoms with Crippen LogP contribution in [0.15, 0.2) is 0 Å². The van der Waals surface area contributed by atoms with E-state index in [-0.39, 0.29) is 30.8 Å². The second-order valence-corrected chi connectivity index (χ2v) is 5.29. The van der Waals surface area contributed by atoms with E-state index in [1.807, 2.05) is 0 Å². The average Bonchev–Trinajstić information content (AvgIpc) is 2.67. The second kappa shape index (κ2) is 7.17. The molecule has 1 atom stereocenters. The van der Waals surface area contributed by atoms with Crippen LogP contribution in [0.4, 0.5) is 8.78 Å². The Hall–Kier alpha value is -1.21. The number of carbonyl (C=O) groups excluding carboxylic acids is 1. The minimum absolute atomic E-state index is 0. The number of carbonyl (C=O) groups is 1. The molecule has 21 heavy (non-hydrogen) atoms. The highest BCUT2D eigenvalue weighted by atomic mass is 35.5. The van der Waals surface area contributed by atoms with Crippen molar-refractivity contribution in [2.75, 3.05) is 13.1 Å². The SMILES string of the molecule is Cc1nn(C(F)F)c(C)c1CC(=O)N1CCCC(N)C1.Cl. The fraction of sp³-hybridized carbons (Fsp3) is 0.692. The van der Waals surface area contributed by atoms with Gasteiger partial charge in [-0.2, -0.15) is 13.9 Å². The van der Waals surface area contributed by atoms with Gasteiger partial charge in [-0.15, -0.1) is 12.4 Å². The Morgan fingerprint density at radius 1 is 1.48 bits per heavy atom. The van der Waals surface area contributed by atoms with Crippen molar-refractivity contribution in [1.82, 2.24) is 14.7 Å². The molecule has 1 aromatic heterocycles. The molecule has 0 aromatic carbocycles. The van der Waals surface area contributed by atoms with Gasteiger partial charge in [-0.1, -0.05) is 0 Å². The van der Waals surface area contributed by atoms with Gasteiger partial charge in [-0.05, 0) is 26.7 Å². The zero-order valence-electron chi connectivity index (χ0n) is 12.2. The summed E-state index contributed by atoms with van der Waals surface area (Å²) in [4.78, 5) is 14.0. The van der Waals surface area contributed by atoms with Crippen molar-refractivity contribution < 1.29 is 13.6 Å². The van der Waals surface area contributed by atoms with Gasteiger partial charge in [-0.25, -0.2) is 4.68 Å². The number of halogens is 3. The molecule has 2 rings (SSSR count). The fourth-order valence-electron chi connectivity index (χ4n) is 2.64. The summed E-state index contributed by atoms with van der Waals surface area (Å²) in [6, 6.07) is 0.0127. The number of nitrogens with two attached hydrogens (primary N) is 1. The molecule has 0 aliphatic carbocycles. The Labute approximate surface area is 128 Å².